The molecule has 2 rings (SSSR count). The number of nitrogens with two attached hydrogens (primary N) is 1. The van der Waals surface area contributed by atoms with Gasteiger partial charge < -0.3 is 0 Å². The minimum Gasteiger partial charge on any atom is -0.271 e. The van der Waals surface area contributed by atoms with E-state index in [1.54, 1.807) is 12.1 Å². The van der Waals surface area contributed by atoms with E-state index in [0.717, 1.165) is 10.0 Å². The van der Waals surface area contributed by atoms with Crippen molar-refractivity contribution in [1.29, 1.82) is 0 Å². The number of hydrazine groups is 1. The second-order valence-electron chi connectivity index (χ2n) is 4.20. The number of hydrogen-bond acceptors (Lipinski definition) is 2. The van der Waals surface area contributed by atoms with Crippen LogP contribution in [0, 0.1) is 5.82 Å². The molecule has 2 nitrogen and oxygen atoms in total. The molecular formula is C14H13BrClFN2. The summed E-state index contributed by atoms with van der Waals surface area (Å²) in [5.74, 6) is 5.11. The fraction of sp³-hybridized carbons (Fsp3) is 0.143. The third-order valence-corrected chi connectivity index (χ3v) is 3.67. The van der Waals surface area contributed by atoms with Crippen molar-refractivity contribution in [3.05, 3.63) is 68.9 Å². The summed E-state index contributed by atoms with van der Waals surface area (Å²) in [6, 6.07) is 12.4. The summed E-state index contributed by atoms with van der Waals surface area (Å²) in [4.78, 5) is 0. The zero-order valence-corrected chi connectivity index (χ0v) is 12.4. The lowest BCUT2D eigenvalue weighted by Crippen LogP contribution is -2.30. The molecule has 0 heterocycles. The first-order valence-electron chi connectivity index (χ1n) is 5.76. The Morgan fingerprint density at radius 1 is 1.26 bits per heavy atom. The van der Waals surface area contributed by atoms with Crippen LogP contribution in [0.2, 0.25) is 5.02 Å². The summed E-state index contributed by atoms with van der Waals surface area (Å²) in [5, 5.41) is 0.104. The van der Waals surface area contributed by atoms with E-state index in [1.165, 1.54) is 6.07 Å². The molecule has 1 unspecified atom stereocenters. The minimum absolute atomic E-state index is 0.104. The first-order valence-corrected chi connectivity index (χ1v) is 6.93. The van der Waals surface area contributed by atoms with Crippen LogP contribution in [-0.4, -0.2) is 0 Å². The maximum Gasteiger partial charge on any atom is 0.146 e. The summed E-state index contributed by atoms with van der Waals surface area (Å²) in [6.07, 6.45) is 0.577. The summed E-state index contributed by atoms with van der Waals surface area (Å²) in [5.41, 5.74) is 4.16. The van der Waals surface area contributed by atoms with Gasteiger partial charge in [-0.25, -0.2) is 4.39 Å². The van der Waals surface area contributed by atoms with Crippen LogP contribution in [0.15, 0.2) is 46.9 Å². The smallest absolute Gasteiger partial charge is 0.146 e. The second-order valence-corrected chi connectivity index (χ2v) is 5.52. The molecule has 2 aromatic rings. The molecule has 0 saturated heterocycles. The molecule has 0 radical (unpaired) electrons. The Hall–Kier alpha value is -0.940. The highest BCUT2D eigenvalue weighted by atomic mass is 79.9. The SMILES string of the molecule is NNC(Cc1cccc(Br)c1)c1cccc(Cl)c1F. The number of hydrogen-bond donors (Lipinski definition) is 2. The lowest BCUT2D eigenvalue weighted by atomic mass is 9.99. The Balaban J connectivity index is 2.28. The van der Waals surface area contributed by atoms with Crippen molar-refractivity contribution in [2.45, 2.75) is 12.5 Å². The van der Waals surface area contributed by atoms with Crippen LogP contribution in [0.4, 0.5) is 4.39 Å². The van der Waals surface area contributed by atoms with Gasteiger partial charge in [-0.1, -0.05) is 51.8 Å². The Morgan fingerprint density at radius 2 is 2.00 bits per heavy atom. The molecular weight excluding hydrogens is 331 g/mol. The van der Waals surface area contributed by atoms with E-state index in [2.05, 4.69) is 21.4 Å². The predicted octanol–water partition coefficient (Wildman–Crippen LogP) is 3.99. The third kappa shape index (κ3) is 3.54. The van der Waals surface area contributed by atoms with Gasteiger partial charge in [0.1, 0.15) is 5.82 Å². The average Bonchev–Trinajstić information content (AvgIpc) is 2.40. The van der Waals surface area contributed by atoms with Crippen LogP contribution in [0.5, 0.6) is 0 Å². The van der Waals surface area contributed by atoms with Gasteiger partial charge in [-0.15, -0.1) is 0 Å². The van der Waals surface area contributed by atoms with Gasteiger partial charge in [-0.3, -0.25) is 11.3 Å². The first kappa shape index (κ1) is 14.5. The molecule has 0 aromatic heterocycles. The Bertz CT molecular complexity index is 577. The van der Waals surface area contributed by atoms with Crippen molar-refractivity contribution in [3.8, 4) is 0 Å². The molecule has 0 aliphatic carbocycles. The van der Waals surface area contributed by atoms with Crippen molar-refractivity contribution in [3.63, 3.8) is 0 Å². The molecule has 0 fully saturated rings. The summed E-state index contributed by atoms with van der Waals surface area (Å²) < 4.78 is 15.0. The van der Waals surface area contributed by atoms with Gasteiger partial charge in [-0.2, -0.15) is 0 Å². The molecule has 1 atom stereocenters. The van der Waals surface area contributed by atoms with Gasteiger partial charge in [0.2, 0.25) is 0 Å². The highest BCUT2D eigenvalue weighted by molar-refractivity contribution is 9.10. The van der Waals surface area contributed by atoms with Crippen molar-refractivity contribution in [1.82, 2.24) is 5.43 Å². The summed E-state index contributed by atoms with van der Waals surface area (Å²) in [7, 11) is 0. The molecule has 0 aliphatic heterocycles. The maximum atomic E-state index is 14.0. The largest absolute Gasteiger partial charge is 0.271 e. The number of rotatable bonds is 4. The van der Waals surface area contributed by atoms with Gasteiger partial charge in [0, 0.05) is 10.0 Å². The molecule has 5 heteroatoms. The zero-order chi connectivity index (χ0) is 13.8. The van der Waals surface area contributed by atoms with E-state index in [1.807, 2.05) is 24.3 Å². The normalized spacial score (nSPS) is 12.4. The van der Waals surface area contributed by atoms with Crippen LogP contribution in [0.1, 0.15) is 17.2 Å². The number of halogens is 3. The Labute approximate surface area is 124 Å². The molecule has 0 amide bonds. The molecule has 0 saturated carbocycles. The highest BCUT2D eigenvalue weighted by Crippen LogP contribution is 2.26. The van der Waals surface area contributed by atoms with E-state index in [-0.39, 0.29) is 11.1 Å². The predicted molar refractivity (Wildman–Crippen MR) is 79.3 cm³/mol. The fourth-order valence-corrected chi connectivity index (χ4v) is 2.58. The van der Waals surface area contributed by atoms with Gasteiger partial charge in [0.25, 0.3) is 0 Å². The molecule has 0 aliphatic rings. The topological polar surface area (TPSA) is 38.0 Å². The quantitative estimate of drug-likeness (QED) is 0.651. The van der Waals surface area contributed by atoms with Crippen molar-refractivity contribution < 1.29 is 4.39 Å². The van der Waals surface area contributed by atoms with Gasteiger partial charge in [0.15, 0.2) is 0 Å². The molecule has 0 spiro atoms. The van der Waals surface area contributed by atoms with Crippen molar-refractivity contribution in [2.75, 3.05) is 0 Å². The van der Waals surface area contributed by atoms with E-state index >= 15 is 0 Å². The zero-order valence-electron chi connectivity index (χ0n) is 10.0. The highest BCUT2D eigenvalue weighted by Gasteiger charge is 2.16. The van der Waals surface area contributed by atoms with E-state index in [4.69, 9.17) is 17.4 Å². The fourth-order valence-electron chi connectivity index (χ4n) is 1.95. The van der Waals surface area contributed by atoms with E-state index in [0.29, 0.717) is 12.0 Å². The molecule has 0 bridgehead atoms. The second kappa shape index (κ2) is 6.48. The summed E-state index contributed by atoms with van der Waals surface area (Å²) in [6.45, 7) is 0. The van der Waals surface area contributed by atoms with Crippen molar-refractivity contribution >= 4 is 27.5 Å². The van der Waals surface area contributed by atoms with Crippen molar-refractivity contribution in [2.24, 2.45) is 5.84 Å². The Morgan fingerprint density at radius 3 is 2.68 bits per heavy atom. The minimum atomic E-state index is -0.429. The number of benzene rings is 2. The molecule has 100 valence electrons. The van der Waals surface area contributed by atoms with Gasteiger partial charge >= 0.3 is 0 Å². The van der Waals surface area contributed by atoms with Gasteiger partial charge in [0.05, 0.1) is 11.1 Å². The van der Waals surface area contributed by atoms with Crippen LogP contribution in [-0.2, 0) is 6.42 Å². The third-order valence-electron chi connectivity index (χ3n) is 2.89. The molecule has 2 aromatic carbocycles. The van der Waals surface area contributed by atoms with E-state index < -0.39 is 5.82 Å². The Kier molecular flexibility index (Phi) is 4.93. The van der Waals surface area contributed by atoms with Crippen LogP contribution < -0.4 is 11.3 Å². The van der Waals surface area contributed by atoms with Gasteiger partial charge in [-0.05, 0) is 30.2 Å². The molecule has 3 N–H and O–H groups in total. The average molecular weight is 344 g/mol. The van der Waals surface area contributed by atoms with Crippen LogP contribution in [0.3, 0.4) is 0 Å². The molecule has 19 heavy (non-hydrogen) atoms. The standard InChI is InChI=1S/C14H13BrClFN2/c15-10-4-1-3-9(7-10)8-13(19-18)11-5-2-6-12(16)14(11)17/h1-7,13,19H,8,18H2. The maximum absolute atomic E-state index is 14.0. The summed E-state index contributed by atoms with van der Waals surface area (Å²) >= 11 is 9.20. The first-order chi connectivity index (χ1) is 9.11. The monoisotopic (exact) mass is 342 g/mol. The lowest BCUT2D eigenvalue weighted by molar-refractivity contribution is 0.511. The van der Waals surface area contributed by atoms with Crippen LogP contribution >= 0.6 is 27.5 Å². The van der Waals surface area contributed by atoms with Crippen LogP contribution in [0.25, 0.3) is 0 Å². The van der Waals surface area contributed by atoms with E-state index in [9.17, 15) is 4.39 Å². The lowest BCUT2D eigenvalue weighted by Gasteiger charge is -2.17. The number of nitrogens with one attached hydrogen (secondary N) is 1.